The van der Waals surface area contributed by atoms with Crippen LogP contribution in [0.5, 0.6) is 0 Å². The number of rotatable bonds is 7. The van der Waals surface area contributed by atoms with Gasteiger partial charge in [-0.1, -0.05) is 0 Å². The van der Waals surface area contributed by atoms with Crippen LogP contribution in [0.3, 0.4) is 0 Å². The number of ether oxygens (including phenoxy) is 1. The van der Waals surface area contributed by atoms with Crippen LogP contribution in [0.1, 0.15) is 6.42 Å². The fourth-order valence-electron chi connectivity index (χ4n) is 0.583. The number of hydrogen-bond acceptors (Lipinski definition) is 5. The Hall–Kier alpha value is -0.200. The minimum atomic E-state index is -0.865. The molecule has 0 aromatic carbocycles. The molecule has 0 rings (SSSR count). The van der Waals surface area contributed by atoms with E-state index in [-0.39, 0.29) is 26.4 Å². The van der Waals surface area contributed by atoms with Gasteiger partial charge < -0.3 is 25.2 Å². The molecule has 0 heterocycles. The zero-order valence-electron chi connectivity index (χ0n) is 6.89. The normalized spacial score (nSPS) is 16.0. The molecule has 2 atom stereocenters. The summed E-state index contributed by atoms with van der Waals surface area (Å²) < 4.78 is 4.88. The lowest BCUT2D eigenvalue weighted by atomic mass is 10.3. The third-order valence-electron chi connectivity index (χ3n) is 1.33. The van der Waals surface area contributed by atoms with Gasteiger partial charge in [-0.05, 0) is 6.42 Å². The molecule has 0 aromatic heterocycles. The van der Waals surface area contributed by atoms with Gasteiger partial charge >= 0.3 is 0 Å². The van der Waals surface area contributed by atoms with Crippen molar-refractivity contribution in [1.29, 1.82) is 0 Å². The Kier molecular flexibility index (Phi) is 7.33. The van der Waals surface area contributed by atoms with E-state index in [0.29, 0.717) is 6.42 Å². The zero-order valence-corrected chi connectivity index (χ0v) is 6.89. The summed E-state index contributed by atoms with van der Waals surface area (Å²) in [5, 5.41) is 34.4. The van der Waals surface area contributed by atoms with Gasteiger partial charge in [0.15, 0.2) is 0 Å². The lowest BCUT2D eigenvalue weighted by Crippen LogP contribution is -2.21. The van der Waals surface area contributed by atoms with Crippen molar-refractivity contribution in [2.45, 2.75) is 18.6 Å². The minimum absolute atomic E-state index is 0.0502. The molecule has 0 bridgehead atoms. The molecule has 5 heteroatoms. The summed E-state index contributed by atoms with van der Waals surface area (Å²) in [6.07, 6.45) is -1.30. The maximum atomic E-state index is 8.84. The summed E-state index contributed by atoms with van der Waals surface area (Å²) in [5.41, 5.74) is 0. The summed E-state index contributed by atoms with van der Waals surface area (Å²) in [6.45, 7) is -0.304. The highest BCUT2D eigenvalue weighted by atomic mass is 16.5. The van der Waals surface area contributed by atoms with Gasteiger partial charge in [-0.15, -0.1) is 0 Å². The second kappa shape index (κ2) is 7.45. The second-order valence-corrected chi connectivity index (χ2v) is 2.54. The highest BCUT2D eigenvalue weighted by molar-refractivity contribution is 4.53. The van der Waals surface area contributed by atoms with Crippen molar-refractivity contribution in [1.82, 2.24) is 0 Å². The molecule has 0 aliphatic heterocycles. The smallest absolute Gasteiger partial charge is 0.100 e. The predicted octanol–water partition coefficient (Wildman–Crippen LogP) is -1.90. The lowest BCUT2D eigenvalue weighted by Gasteiger charge is -2.09. The summed E-state index contributed by atoms with van der Waals surface area (Å²) in [7, 11) is 0. The van der Waals surface area contributed by atoms with Gasteiger partial charge in [0, 0.05) is 6.61 Å². The van der Waals surface area contributed by atoms with E-state index in [1.807, 2.05) is 0 Å². The van der Waals surface area contributed by atoms with Crippen LogP contribution >= 0.6 is 0 Å². The van der Waals surface area contributed by atoms with Crippen LogP contribution in [0.2, 0.25) is 0 Å². The van der Waals surface area contributed by atoms with Gasteiger partial charge in [0.25, 0.3) is 0 Å². The molecular formula is C7H16O5. The Morgan fingerprint density at radius 2 is 1.58 bits per heavy atom. The van der Waals surface area contributed by atoms with Gasteiger partial charge in [-0.25, -0.2) is 0 Å². The maximum Gasteiger partial charge on any atom is 0.100 e. The molecule has 0 radical (unpaired) electrons. The number of aliphatic hydroxyl groups excluding tert-OH is 4. The molecule has 5 nitrogen and oxygen atoms in total. The third kappa shape index (κ3) is 6.51. The predicted molar refractivity (Wildman–Crippen MR) is 41.6 cm³/mol. The third-order valence-corrected chi connectivity index (χ3v) is 1.33. The Balaban J connectivity index is 3.10. The number of aliphatic hydroxyl groups is 4. The molecule has 0 fully saturated rings. The molecular weight excluding hydrogens is 164 g/mol. The SMILES string of the molecule is OCC(O)CCOCC(O)CO. The largest absolute Gasteiger partial charge is 0.394 e. The maximum absolute atomic E-state index is 8.84. The Morgan fingerprint density at radius 3 is 2.08 bits per heavy atom. The summed E-state index contributed by atoms with van der Waals surface area (Å²) in [6, 6.07) is 0. The van der Waals surface area contributed by atoms with Crippen molar-refractivity contribution in [2.75, 3.05) is 26.4 Å². The molecule has 12 heavy (non-hydrogen) atoms. The number of hydrogen-bond donors (Lipinski definition) is 4. The van der Waals surface area contributed by atoms with E-state index in [0.717, 1.165) is 0 Å². The van der Waals surface area contributed by atoms with Gasteiger partial charge in [-0.2, -0.15) is 0 Å². The molecule has 0 saturated heterocycles. The fourth-order valence-corrected chi connectivity index (χ4v) is 0.583. The fraction of sp³-hybridized carbons (Fsp3) is 1.00. The van der Waals surface area contributed by atoms with E-state index < -0.39 is 12.2 Å². The molecule has 74 valence electrons. The first kappa shape index (κ1) is 11.8. The van der Waals surface area contributed by atoms with Crippen molar-refractivity contribution in [3.63, 3.8) is 0 Å². The first-order valence-electron chi connectivity index (χ1n) is 3.86. The van der Waals surface area contributed by atoms with Crippen molar-refractivity contribution < 1.29 is 25.2 Å². The van der Waals surface area contributed by atoms with Crippen LogP contribution in [-0.4, -0.2) is 59.1 Å². The standard InChI is InChI=1S/C7H16O5/c8-3-6(10)1-2-12-5-7(11)4-9/h6-11H,1-5H2. The van der Waals surface area contributed by atoms with Crippen LogP contribution in [0.15, 0.2) is 0 Å². The quantitative estimate of drug-likeness (QED) is 0.344. The van der Waals surface area contributed by atoms with E-state index in [1.54, 1.807) is 0 Å². The van der Waals surface area contributed by atoms with Crippen LogP contribution in [0.25, 0.3) is 0 Å². The van der Waals surface area contributed by atoms with E-state index in [9.17, 15) is 0 Å². The average molecular weight is 180 g/mol. The van der Waals surface area contributed by atoms with Crippen LogP contribution in [0, 0.1) is 0 Å². The van der Waals surface area contributed by atoms with E-state index >= 15 is 0 Å². The topological polar surface area (TPSA) is 90.2 Å². The van der Waals surface area contributed by atoms with Gasteiger partial charge in [0.1, 0.15) is 6.10 Å². The second-order valence-electron chi connectivity index (χ2n) is 2.54. The van der Waals surface area contributed by atoms with Gasteiger partial charge in [0.05, 0.1) is 25.9 Å². The minimum Gasteiger partial charge on any atom is -0.394 e. The molecule has 2 unspecified atom stereocenters. The van der Waals surface area contributed by atoms with E-state index in [1.165, 1.54) is 0 Å². The summed E-state index contributed by atoms with van der Waals surface area (Å²) in [4.78, 5) is 0. The first-order valence-corrected chi connectivity index (χ1v) is 3.86. The van der Waals surface area contributed by atoms with E-state index in [2.05, 4.69) is 0 Å². The van der Waals surface area contributed by atoms with Crippen molar-refractivity contribution in [2.24, 2.45) is 0 Å². The molecule has 0 amide bonds. The molecule has 4 N–H and O–H groups in total. The Labute approximate surface area is 71.2 Å². The van der Waals surface area contributed by atoms with Gasteiger partial charge in [-0.3, -0.25) is 0 Å². The lowest BCUT2D eigenvalue weighted by molar-refractivity contribution is -0.00849. The van der Waals surface area contributed by atoms with Crippen LogP contribution in [-0.2, 0) is 4.74 Å². The first-order chi connectivity index (χ1) is 5.70. The molecule has 0 aromatic rings. The molecule has 0 aliphatic carbocycles. The Morgan fingerprint density at radius 1 is 1.00 bits per heavy atom. The highest BCUT2D eigenvalue weighted by Gasteiger charge is 2.03. The monoisotopic (exact) mass is 180 g/mol. The molecule has 0 saturated carbocycles. The van der Waals surface area contributed by atoms with E-state index in [4.69, 9.17) is 25.2 Å². The highest BCUT2D eigenvalue weighted by Crippen LogP contribution is 1.92. The van der Waals surface area contributed by atoms with Crippen LogP contribution in [0.4, 0.5) is 0 Å². The average Bonchev–Trinajstić information content (AvgIpc) is 2.11. The van der Waals surface area contributed by atoms with Crippen LogP contribution < -0.4 is 0 Å². The van der Waals surface area contributed by atoms with Crippen molar-refractivity contribution >= 4 is 0 Å². The van der Waals surface area contributed by atoms with Gasteiger partial charge in [0.2, 0.25) is 0 Å². The Bertz CT molecular complexity index is 85.8. The summed E-state index contributed by atoms with van der Waals surface area (Å²) >= 11 is 0. The molecule has 0 spiro atoms. The molecule has 0 aliphatic rings. The van der Waals surface area contributed by atoms with Crippen molar-refractivity contribution in [3.05, 3.63) is 0 Å². The summed E-state index contributed by atoms with van der Waals surface area (Å²) in [5.74, 6) is 0. The zero-order chi connectivity index (χ0) is 9.40. The van der Waals surface area contributed by atoms with Crippen molar-refractivity contribution in [3.8, 4) is 0 Å².